The molecule has 3 aliphatic rings. The minimum atomic E-state index is -0.248. The fourth-order valence-electron chi connectivity index (χ4n) is 15.2. The van der Waals surface area contributed by atoms with Gasteiger partial charge in [0.2, 0.25) is 0 Å². The lowest BCUT2D eigenvalue weighted by atomic mass is 9.59. The third-order valence-electron chi connectivity index (χ3n) is 19.6. The van der Waals surface area contributed by atoms with E-state index in [1.165, 1.54) is 133 Å². The molecule has 0 aliphatic heterocycles. The lowest BCUT2D eigenvalue weighted by Crippen LogP contribution is -2.36. The van der Waals surface area contributed by atoms with Crippen LogP contribution in [0.1, 0.15) is 49.9 Å². The fraction of sp³-hybridized carbons (Fsp3) is 0.0698. The Balaban J connectivity index is 0.666. The molecular weight excluding hydrogens is 1060 g/mol. The summed E-state index contributed by atoms with van der Waals surface area (Å²) in [7, 11) is 0. The van der Waals surface area contributed by atoms with Gasteiger partial charge < -0.3 is 9.80 Å². The van der Waals surface area contributed by atoms with Gasteiger partial charge in [-0.1, -0.05) is 234 Å². The molecule has 0 atom stereocenters. The van der Waals surface area contributed by atoms with Crippen molar-refractivity contribution in [2.45, 2.75) is 38.5 Å². The average molecular weight is 1120 g/mol. The van der Waals surface area contributed by atoms with Crippen LogP contribution in [0, 0.1) is 0 Å². The zero-order chi connectivity index (χ0) is 58.8. The summed E-state index contributed by atoms with van der Waals surface area (Å²) in [4.78, 5) is 4.62. The second kappa shape index (κ2) is 19.9. The number of rotatable bonds is 10. The Labute approximate surface area is 515 Å². The summed E-state index contributed by atoms with van der Waals surface area (Å²) < 4.78 is 0. The van der Waals surface area contributed by atoms with Gasteiger partial charge in [0.05, 0.1) is 0 Å². The van der Waals surface area contributed by atoms with Crippen molar-refractivity contribution < 1.29 is 0 Å². The smallest absolute Gasteiger partial charge is 0.0462 e. The first-order valence-corrected chi connectivity index (χ1v) is 30.9. The van der Waals surface area contributed by atoms with E-state index in [-0.39, 0.29) is 10.8 Å². The Morgan fingerprint density at radius 1 is 0.193 bits per heavy atom. The van der Waals surface area contributed by atoms with Gasteiger partial charge in [0, 0.05) is 45.0 Å². The van der Waals surface area contributed by atoms with Gasteiger partial charge in [-0.15, -0.1) is 0 Å². The fourth-order valence-corrected chi connectivity index (χ4v) is 15.2. The van der Waals surface area contributed by atoms with Crippen LogP contribution >= 0.6 is 0 Å². The first-order chi connectivity index (χ1) is 43.2. The molecule has 14 aromatic rings. The first-order valence-electron chi connectivity index (χ1n) is 30.9. The largest absolute Gasteiger partial charge is 0.311 e. The van der Waals surface area contributed by atoms with Gasteiger partial charge in [0.15, 0.2) is 0 Å². The van der Waals surface area contributed by atoms with Gasteiger partial charge in [-0.3, -0.25) is 0 Å². The summed E-state index contributed by atoms with van der Waals surface area (Å²) in [5, 5.41) is 5.30. The Morgan fingerprint density at radius 3 is 0.727 bits per heavy atom. The zero-order valence-electron chi connectivity index (χ0n) is 49.8. The van der Waals surface area contributed by atoms with Crippen molar-refractivity contribution in [1.82, 2.24) is 0 Å². The molecule has 0 saturated heterocycles. The van der Waals surface area contributed by atoms with Gasteiger partial charge in [0.1, 0.15) is 0 Å². The number of hydrogen-bond acceptors (Lipinski definition) is 2. The topological polar surface area (TPSA) is 6.48 Å². The van der Waals surface area contributed by atoms with Crippen molar-refractivity contribution in [1.29, 1.82) is 0 Å². The van der Waals surface area contributed by atoms with E-state index >= 15 is 0 Å². The molecule has 17 rings (SSSR count). The van der Waals surface area contributed by atoms with Crippen LogP contribution in [-0.2, 0) is 10.8 Å². The third kappa shape index (κ3) is 8.02. The van der Waals surface area contributed by atoms with Crippen LogP contribution in [0.25, 0.3) is 111 Å². The number of hydrogen-bond donors (Lipinski definition) is 0. The Kier molecular flexibility index (Phi) is 11.7. The van der Waals surface area contributed by atoms with E-state index in [1.807, 2.05) is 0 Å². The van der Waals surface area contributed by atoms with Crippen molar-refractivity contribution in [3.63, 3.8) is 0 Å². The number of fused-ring (bicyclic) bond motifs is 8. The molecule has 0 aromatic heterocycles. The van der Waals surface area contributed by atoms with E-state index in [1.54, 1.807) is 0 Å². The molecule has 0 radical (unpaired) electrons. The highest BCUT2D eigenvalue weighted by atomic mass is 15.1. The maximum absolute atomic E-state index is 2.57. The maximum atomic E-state index is 2.57. The second-order valence-electron chi connectivity index (χ2n) is 25.2. The highest BCUT2D eigenvalue weighted by Crippen LogP contribution is 2.59. The van der Waals surface area contributed by atoms with Gasteiger partial charge in [-0.25, -0.2) is 0 Å². The second-order valence-corrected chi connectivity index (χ2v) is 25.2. The van der Waals surface area contributed by atoms with Crippen molar-refractivity contribution in [3.05, 3.63) is 326 Å². The Bertz CT molecular complexity index is 4580. The molecule has 0 N–H and O–H groups in total. The van der Waals surface area contributed by atoms with Gasteiger partial charge in [-0.05, 0) is 230 Å². The summed E-state index contributed by atoms with van der Waals surface area (Å²) in [5.41, 5.74) is 32.4. The molecular formula is C86H62N2. The highest BCUT2D eigenvalue weighted by Gasteiger charge is 2.44. The number of anilines is 6. The third-order valence-corrected chi connectivity index (χ3v) is 19.6. The molecule has 0 heterocycles. The molecule has 0 spiro atoms. The molecule has 3 aliphatic carbocycles. The lowest BCUT2D eigenvalue weighted by molar-refractivity contribution is 0.521. The van der Waals surface area contributed by atoms with Crippen LogP contribution < -0.4 is 9.80 Å². The maximum Gasteiger partial charge on any atom is 0.0462 e. The van der Waals surface area contributed by atoms with E-state index < -0.39 is 0 Å². The standard InChI is InChI=1S/C86H62N2/c1-85(2)79-51-75-71-29-17-27-69-68(60-37-33-56(34-38-60)58-41-45-66(46-42-58)88(63-23-13-7-14-24-63)64-25-15-8-16-26-64)48-50-74(83(69)71)78(75)54-82(79)86(3,4)80-52-76-72-30-18-28-70-67(47-49-73(84(70)72)77(76)53-81(80)85)59-35-31-55(32-36-59)57-39-43-65(44-40-57)87(61-19-9-5-10-20-61)62-21-11-6-12-22-62/h5-54H,1-4H3. The summed E-state index contributed by atoms with van der Waals surface area (Å²) in [5.74, 6) is 0. The quantitative estimate of drug-likeness (QED) is 0.135. The molecule has 416 valence electrons. The molecule has 0 fully saturated rings. The van der Waals surface area contributed by atoms with Crippen LogP contribution in [0.15, 0.2) is 303 Å². The first kappa shape index (κ1) is 51.6. The predicted octanol–water partition coefficient (Wildman–Crippen LogP) is 23.9. The monoisotopic (exact) mass is 1120 g/mol. The van der Waals surface area contributed by atoms with Crippen LogP contribution in [0.4, 0.5) is 34.1 Å². The van der Waals surface area contributed by atoms with Gasteiger partial charge >= 0.3 is 0 Å². The summed E-state index contributed by atoms with van der Waals surface area (Å²) in [6.07, 6.45) is 0. The van der Waals surface area contributed by atoms with Crippen molar-refractivity contribution in [3.8, 4) is 89.0 Å². The van der Waals surface area contributed by atoms with Crippen LogP contribution in [0.5, 0.6) is 0 Å². The van der Waals surface area contributed by atoms with E-state index in [9.17, 15) is 0 Å². The molecule has 0 saturated carbocycles. The summed E-state index contributed by atoms with van der Waals surface area (Å²) in [6.45, 7) is 9.85. The molecule has 0 unspecified atom stereocenters. The summed E-state index contributed by atoms with van der Waals surface area (Å²) in [6, 6.07) is 112. The predicted molar refractivity (Wildman–Crippen MR) is 372 cm³/mol. The van der Waals surface area contributed by atoms with Crippen molar-refractivity contribution in [2.75, 3.05) is 9.80 Å². The van der Waals surface area contributed by atoms with E-state index in [4.69, 9.17) is 0 Å². The lowest BCUT2D eigenvalue weighted by Gasteiger charge is -2.44. The van der Waals surface area contributed by atoms with Crippen LogP contribution in [0.2, 0.25) is 0 Å². The number of nitrogens with zero attached hydrogens (tertiary/aromatic N) is 2. The average Bonchev–Trinajstić information content (AvgIpc) is 1.46. The van der Waals surface area contributed by atoms with Crippen LogP contribution in [-0.4, -0.2) is 0 Å². The zero-order valence-corrected chi connectivity index (χ0v) is 49.8. The minimum absolute atomic E-state index is 0.248. The molecule has 88 heavy (non-hydrogen) atoms. The highest BCUT2D eigenvalue weighted by molar-refractivity contribution is 6.20. The van der Waals surface area contributed by atoms with Gasteiger partial charge in [0.25, 0.3) is 0 Å². The SMILES string of the molecule is CC1(C)c2cc3c(cc2C(C)(C)c2cc4c(cc21)-c1ccc(-c2ccc(-c5ccc(N(c6ccccc6)c6ccccc6)cc5)cc2)c2cccc-4c12)-c1ccc(-c2ccc(-c4ccc(N(c5ccccc5)c5ccccc5)cc4)cc2)c2cccc-3c12. The minimum Gasteiger partial charge on any atom is -0.311 e. The van der Waals surface area contributed by atoms with E-state index in [0.29, 0.717) is 0 Å². The molecule has 2 heteroatoms. The molecule has 14 aromatic carbocycles. The Morgan fingerprint density at radius 2 is 0.432 bits per heavy atom. The van der Waals surface area contributed by atoms with Gasteiger partial charge in [-0.2, -0.15) is 0 Å². The molecule has 0 bridgehead atoms. The van der Waals surface area contributed by atoms with E-state index in [2.05, 4.69) is 341 Å². The van der Waals surface area contributed by atoms with E-state index in [0.717, 1.165) is 34.1 Å². The molecule has 0 amide bonds. The van der Waals surface area contributed by atoms with Crippen LogP contribution in [0.3, 0.4) is 0 Å². The molecule has 2 nitrogen and oxygen atoms in total. The Hall–Kier alpha value is -10.8. The van der Waals surface area contributed by atoms with Crippen molar-refractivity contribution in [2.24, 2.45) is 0 Å². The number of para-hydroxylation sites is 4. The normalized spacial score (nSPS) is 13.4. The summed E-state index contributed by atoms with van der Waals surface area (Å²) >= 11 is 0. The number of benzene rings is 14. The van der Waals surface area contributed by atoms with Crippen molar-refractivity contribution >= 4 is 55.7 Å².